The number of hydrogen-bond donors (Lipinski definition) is 0. The molecule has 0 N–H and O–H groups in total. The van der Waals surface area contributed by atoms with Gasteiger partial charge in [0.05, 0.1) is 0 Å². The lowest BCUT2D eigenvalue weighted by atomic mass is 9.47. The van der Waals surface area contributed by atoms with Crippen LogP contribution >= 0.6 is 22.6 Å². The third-order valence-electron chi connectivity index (χ3n) is 8.19. The summed E-state index contributed by atoms with van der Waals surface area (Å²) in [5.74, 6) is 7.05. The van der Waals surface area contributed by atoms with Gasteiger partial charge in [0.1, 0.15) is 0 Å². The standard InChI is InChI=1S/C21H27IO/c1-20-11-8-19-17(18(20)6-4-14(20)9-12-22)5-3-15-13-16(23)7-10-21(15,19)2/h13-14,17-19H,3-8,10-11H2,1-2H3/t14?,17-,18-,19+,20+,21-/m0/s1. The summed E-state index contributed by atoms with van der Waals surface area (Å²) in [5.41, 5.74) is 2.24. The summed E-state index contributed by atoms with van der Waals surface area (Å²) in [6.07, 6.45) is 11.7. The number of allylic oxidation sites excluding steroid dienone is 1. The van der Waals surface area contributed by atoms with Gasteiger partial charge in [-0.2, -0.15) is 0 Å². The van der Waals surface area contributed by atoms with Gasteiger partial charge in [0, 0.05) is 34.9 Å². The van der Waals surface area contributed by atoms with Crippen LogP contribution in [-0.2, 0) is 4.79 Å². The lowest BCUT2D eigenvalue weighted by Crippen LogP contribution is -2.50. The minimum Gasteiger partial charge on any atom is -0.295 e. The molecule has 1 nitrogen and oxygen atoms in total. The first-order chi connectivity index (χ1) is 11.0. The zero-order valence-electron chi connectivity index (χ0n) is 14.3. The predicted octanol–water partition coefficient (Wildman–Crippen LogP) is 5.53. The van der Waals surface area contributed by atoms with E-state index in [1.165, 1.54) is 44.1 Å². The van der Waals surface area contributed by atoms with E-state index in [0.717, 1.165) is 30.6 Å². The SMILES string of the molecule is C[C@]12CCC(=O)C=C1CC[C@@H]1[C@H]2CC[C@]2(C)C(C#CI)CC[C@@H]12. The van der Waals surface area contributed by atoms with E-state index in [-0.39, 0.29) is 0 Å². The van der Waals surface area contributed by atoms with Gasteiger partial charge in [-0.1, -0.05) is 25.3 Å². The van der Waals surface area contributed by atoms with Gasteiger partial charge in [-0.3, -0.25) is 4.79 Å². The second kappa shape index (κ2) is 5.61. The fourth-order valence-electron chi connectivity index (χ4n) is 6.86. The fraction of sp³-hybridized carbons (Fsp3) is 0.762. The molecule has 124 valence electrons. The Morgan fingerprint density at radius 3 is 2.70 bits per heavy atom. The largest absolute Gasteiger partial charge is 0.295 e. The van der Waals surface area contributed by atoms with Crippen LogP contribution in [0.2, 0.25) is 0 Å². The van der Waals surface area contributed by atoms with Gasteiger partial charge in [0.15, 0.2) is 5.78 Å². The number of carbonyl (C=O) groups excluding carboxylic acids is 1. The van der Waals surface area contributed by atoms with Gasteiger partial charge in [-0.25, -0.2) is 0 Å². The van der Waals surface area contributed by atoms with Crippen molar-refractivity contribution in [2.75, 3.05) is 0 Å². The highest BCUT2D eigenvalue weighted by molar-refractivity contribution is 14.1. The van der Waals surface area contributed by atoms with Crippen molar-refractivity contribution >= 4 is 28.4 Å². The van der Waals surface area contributed by atoms with E-state index < -0.39 is 0 Å². The van der Waals surface area contributed by atoms with E-state index >= 15 is 0 Å². The molecule has 3 fully saturated rings. The summed E-state index contributed by atoms with van der Waals surface area (Å²) in [6, 6.07) is 0. The summed E-state index contributed by atoms with van der Waals surface area (Å²) in [7, 11) is 0. The van der Waals surface area contributed by atoms with Crippen molar-refractivity contribution in [2.24, 2.45) is 34.5 Å². The number of halogens is 1. The van der Waals surface area contributed by atoms with Crippen molar-refractivity contribution in [2.45, 2.75) is 65.2 Å². The first kappa shape index (κ1) is 16.2. The van der Waals surface area contributed by atoms with E-state index in [0.29, 0.717) is 22.5 Å². The Balaban J connectivity index is 1.66. The molecule has 0 saturated heterocycles. The van der Waals surface area contributed by atoms with Crippen LogP contribution < -0.4 is 0 Å². The van der Waals surface area contributed by atoms with Crippen LogP contribution in [0.15, 0.2) is 11.6 Å². The number of carbonyl (C=O) groups is 1. The zero-order valence-corrected chi connectivity index (χ0v) is 16.5. The summed E-state index contributed by atoms with van der Waals surface area (Å²) >= 11 is 2.21. The van der Waals surface area contributed by atoms with Gasteiger partial charge < -0.3 is 0 Å². The number of ketones is 1. The van der Waals surface area contributed by atoms with Crippen LogP contribution in [0.5, 0.6) is 0 Å². The first-order valence-corrected chi connectivity index (χ1v) is 10.4. The Labute approximate surface area is 154 Å². The maximum absolute atomic E-state index is 11.9. The molecule has 0 aromatic carbocycles. The summed E-state index contributed by atoms with van der Waals surface area (Å²) in [4.78, 5) is 11.9. The maximum Gasteiger partial charge on any atom is 0.155 e. The Morgan fingerprint density at radius 1 is 1.09 bits per heavy atom. The molecule has 23 heavy (non-hydrogen) atoms. The van der Waals surface area contributed by atoms with Crippen molar-refractivity contribution in [3.8, 4) is 9.85 Å². The number of fused-ring (bicyclic) bond motifs is 5. The molecule has 0 radical (unpaired) electrons. The lowest BCUT2D eigenvalue weighted by Gasteiger charge is -2.57. The van der Waals surface area contributed by atoms with Crippen LogP contribution in [0.1, 0.15) is 65.2 Å². The molecule has 0 aromatic heterocycles. The smallest absolute Gasteiger partial charge is 0.155 e. The molecule has 0 bridgehead atoms. The van der Waals surface area contributed by atoms with Crippen LogP contribution in [0.3, 0.4) is 0 Å². The second-order valence-electron chi connectivity index (χ2n) is 8.88. The second-order valence-corrected chi connectivity index (χ2v) is 9.42. The summed E-state index contributed by atoms with van der Waals surface area (Å²) < 4.78 is 3.17. The van der Waals surface area contributed by atoms with Crippen LogP contribution in [0.25, 0.3) is 0 Å². The molecule has 1 unspecified atom stereocenters. The van der Waals surface area contributed by atoms with Crippen molar-refractivity contribution in [1.29, 1.82) is 0 Å². The first-order valence-electron chi connectivity index (χ1n) is 9.34. The third kappa shape index (κ3) is 2.29. The minimum atomic E-state index is 0.311. The predicted molar refractivity (Wildman–Crippen MR) is 102 cm³/mol. The third-order valence-corrected chi connectivity index (χ3v) is 8.50. The Kier molecular flexibility index (Phi) is 3.95. The van der Waals surface area contributed by atoms with E-state index in [1.807, 2.05) is 6.08 Å². The highest BCUT2D eigenvalue weighted by atomic mass is 127. The van der Waals surface area contributed by atoms with Crippen molar-refractivity contribution in [1.82, 2.24) is 0 Å². The quantitative estimate of drug-likeness (QED) is 0.371. The lowest BCUT2D eigenvalue weighted by molar-refractivity contribution is -0.117. The Hall–Kier alpha value is -0.300. The summed E-state index contributed by atoms with van der Waals surface area (Å²) in [5, 5.41) is 0. The molecule has 4 rings (SSSR count). The molecule has 3 saturated carbocycles. The topological polar surface area (TPSA) is 17.1 Å². The molecule has 4 aliphatic carbocycles. The van der Waals surface area contributed by atoms with Crippen molar-refractivity contribution in [3.63, 3.8) is 0 Å². The molecule has 0 spiro atoms. The van der Waals surface area contributed by atoms with Gasteiger partial charge in [0.2, 0.25) is 0 Å². The normalized spacial score (nSPS) is 48.5. The molecule has 0 aliphatic heterocycles. The van der Waals surface area contributed by atoms with Gasteiger partial charge in [-0.15, -0.1) is 0 Å². The van der Waals surface area contributed by atoms with E-state index in [2.05, 4.69) is 46.3 Å². The highest BCUT2D eigenvalue weighted by Crippen LogP contribution is 2.66. The van der Waals surface area contributed by atoms with Crippen molar-refractivity contribution < 1.29 is 4.79 Å². The van der Waals surface area contributed by atoms with Gasteiger partial charge in [-0.05, 0) is 83.5 Å². The van der Waals surface area contributed by atoms with Crippen LogP contribution in [-0.4, -0.2) is 5.78 Å². The fourth-order valence-corrected chi connectivity index (χ4v) is 7.24. The Morgan fingerprint density at radius 2 is 1.91 bits per heavy atom. The maximum atomic E-state index is 11.9. The molecular formula is C21H27IO. The number of hydrogen-bond acceptors (Lipinski definition) is 1. The van der Waals surface area contributed by atoms with Crippen LogP contribution in [0, 0.1) is 44.3 Å². The minimum absolute atomic E-state index is 0.311. The average molecular weight is 422 g/mol. The van der Waals surface area contributed by atoms with Crippen LogP contribution in [0.4, 0.5) is 0 Å². The molecule has 4 aliphatic rings. The Bertz CT molecular complexity index is 623. The molecule has 6 atom stereocenters. The molecule has 0 amide bonds. The summed E-state index contributed by atoms with van der Waals surface area (Å²) in [6.45, 7) is 5.01. The average Bonchev–Trinajstić information content (AvgIpc) is 2.85. The van der Waals surface area contributed by atoms with Crippen molar-refractivity contribution in [3.05, 3.63) is 11.6 Å². The molecule has 0 aromatic rings. The van der Waals surface area contributed by atoms with Gasteiger partial charge in [0.25, 0.3) is 0 Å². The molecule has 0 heterocycles. The van der Waals surface area contributed by atoms with E-state index in [4.69, 9.17) is 0 Å². The number of rotatable bonds is 0. The van der Waals surface area contributed by atoms with Gasteiger partial charge >= 0.3 is 0 Å². The van der Waals surface area contributed by atoms with E-state index in [9.17, 15) is 4.79 Å². The van der Waals surface area contributed by atoms with E-state index in [1.54, 1.807) is 0 Å². The highest BCUT2D eigenvalue weighted by Gasteiger charge is 2.58. The zero-order chi connectivity index (χ0) is 16.2. The molecular weight excluding hydrogens is 395 g/mol. The monoisotopic (exact) mass is 422 g/mol. The molecule has 2 heteroatoms.